The van der Waals surface area contributed by atoms with Crippen LogP contribution in [0.4, 0.5) is 0 Å². The summed E-state index contributed by atoms with van der Waals surface area (Å²) in [7, 11) is 0. The van der Waals surface area contributed by atoms with E-state index in [1.54, 1.807) is 16.9 Å². The Balaban J connectivity index is 1.78. The Morgan fingerprint density at radius 2 is 2.12 bits per heavy atom. The number of H-pyrrole nitrogens is 3. The van der Waals surface area contributed by atoms with Crippen molar-refractivity contribution in [2.45, 2.75) is 26.2 Å². The molecule has 24 heavy (non-hydrogen) atoms. The van der Waals surface area contributed by atoms with Gasteiger partial charge in [-0.05, 0) is 25.0 Å². The van der Waals surface area contributed by atoms with Crippen molar-refractivity contribution < 1.29 is 0 Å². The first-order valence-corrected chi connectivity index (χ1v) is 7.53. The number of aryl methyl sites for hydroxylation is 1. The standard InChI is InChI=1S/C15H15N7O2/c1-7(5-9-3-4-17-22-8(2)6-16-13(9)22)11-10-12(21-20-11)18-15(24)19-14(10)23/h3-4,6-7H,5H2,1-2H3,(H3,18,19,20,21,23,24). The van der Waals surface area contributed by atoms with E-state index in [9.17, 15) is 9.59 Å². The lowest BCUT2D eigenvalue weighted by atomic mass is 9.97. The van der Waals surface area contributed by atoms with Crippen LogP contribution in [0, 0.1) is 6.92 Å². The van der Waals surface area contributed by atoms with Gasteiger partial charge in [0, 0.05) is 12.1 Å². The van der Waals surface area contributed by atoms with Gasteiger partial charge in [-0.1, -0.05) is 6.92 Å². The normalized spacial score (nSPS) is 12.9. The van der Waals surface area contributed by atoms with Crippen LogP contribution in [0.1, 0.15) is 29.8 Å². The Bertz CT molecular complexity index is 1160. The van der Waals surface area contributed by atoms with Crippen LogP contribution in [-0.2, 0) is 6.42 Å². The van der Waals surface area contributed by atoms with Gasteiger partial charge in [-0.3, -0.25) is 19.9 Å². The van der Waals surface area contributed by atoms with Crippen LogP contribution in [-0.4, -0.2) is 34.8 Å². The maximum absolute atomic E-state index is 12.1. The fourth-order valence-electron chi connectivity index (χ4n) is 2.99. The Kier molecular flexibility index (Phi) is 3.08. The van der Waals surface area contributed by atoms with Crippen molar-refractivity contribution in [2.75, 3.05) is 0 Å². The molecule has 4 rings (SSSR count). The molecule has 4 heterocycles. The zero-order valence-electron chi connectivity index (χ0n) is 13.1. The molecule has 0 amide bonds. The summed E-state index contributed by atoms with van der Waals surface area (Å²) < 4.78 is 1.79. The van der Waals surface area contributed by atoms with Crippen LogP contribution < -0.4 is 11.2 Å². The van der Waals surface area contributed by atoms with Gasteiger partial charge in [0.1, 0.15) is 5.39 Å². The maximum Gasteiger partial charge on any atom is 0.327 e. The minimum atomic E-state index is -0.568. The lowest BCUT2D eigenvalue weighted by Gasteiger charge is -2.10. The first-order valence-electron chi connectivity index (χ1n) is 7.53. The van der Waals surface area contributed by atoms with Crippen molar-refractivity contribution in [1.82, 2.24) is 34.8 Å². The molecule has 4 aromatic heterocycles. The van der Waals surface area contributed by atoms with Crippen molar-refractivity contribution in [1.29, 1.82) is 0 Å². The van der Waals surface area contributed by atoms with Gasteiger partial charge in [0.25, 0.3) is 5.56 Å². The summed E-state index contributed by atoms with van der Waals surface area (Å²) in [6.07, 6.45) is 4.16. The van der Waals surface area contributed by atoms with Gasteiger partial charge in [-0.2, -0.15) is 10.2 Å². The molecule has 9 heteroatoms. The number of hydrogen-bond donors (Lipinski definition) is 3. The van der Waals surface area contributed by atoms with Gasteiger partial charge >= 0.3 is 5.69 Å². The van der Waals surface area contributed by atoms with Crippen LogP contribution in [0.5, 0.6) is 0 Å². The van der Waals surface area contributed by atoms with Gasteiger partial charge in [0.15, 0.2) is 11.3 Å². The molecule has 0 aliphatic rings. The number of nitrogens with zero attached hydrogens (tertiary/aromatic N) is 4. The molecule has 0 saturated heterocycles. The first kappa shape index (κ1) is 14.4. The summed E-state index contributed by atoms with van der Waals surface area (Å²) in [4.78, 5) is 32.6. The highest BCUT2D eigenvalue weighted by molar-refractivity contribution is 5.76. The van der Waals surface area contributed by atoms with E-state index in [-0.39, 0.29) is 11.6 Å². The van der Waals surface area contributed by atoms with Crippen LogP contribution in [0.15, 0.2) is 28.0 Å². The Hall–Kier alpha value is -3.23. The first-order chi connectivity index (χ1) is 11.5. The van der Waals surface area contributed by atoms with E-state index in [1.807, 2.05) is 19.9 Å². The number of nitrogens with one attached hydrogen (secondary N) is 3. The zero-order chi connectivity index (χ0) is 16.8. The number of fused-ring (bicyclic) bond motifs is 2. The highest BCUT2D eigenvalue weighted by atomic mass is 16.2. The number of rotatable bonds is 3. The summed E-state index contributed by atoms with van der Waals surface area (Å²) in [5.41, 5.74) is 2.72. The number of imidazole rings is 1. The topological polar surface area (TPSA) is 125 Å². The molecule has 0 spiro atoms. The molecule has 0 fully saturated rings. The summed E-state index contributed by atoms with van der Waals surface area (Å²) in [5.74, 6) is -0.0230. The highest BCUT2D eigenvalue weighted by Crippen LogP contribution is 2.24. The molecule has 1 atom stereocenters. The minimum Gasteiger partial charge on any atom is -0.290 e. The fourth-order valence-corrected chi connectivity index (χ4v) is 2.99. The van der Waals surface area contributed by atoms with Gasteiger partial charge in [-0.25, -0.2) is 14.3 Å². The highest BCUT2D eigenvalue weighted by Gasteiger charge is 2.18. The third-order valence-electron chi connectivity index (χ3n) is 4.15. The largest absolute Gasteiger partial charge is 0.327 e. The maximum atomic E-state index is 12.1. The zero-order valence-corrected chi connectivity index (χ0v) is 13.1. The van der Waals surface area contributed by atoms with Crippen molar-refractivity contribution >= 4 is 16.7 Å². The lowest BCUT2D eigenvalue weighted by Crippen LogP contribution is -2.22. The monoisotopic (exact) mass is 325 g/mol. The second kappa shape index (κ2) is 5.15. The molecule has 0 aliphatic heterocycles. The van der Waals surface area contributed by atoms with Crippen molar-refractivity contribution in [3.8, 4) is 0 Å². The number of aromatic nitrogens is 7. The summed E-state index contributed by atoms with van der Waals surface area (Å²) in [5, 5.41) is 11.6. The number of aromatic amines is 3. The number of hydrogen-bond acceptors (Lipinski definition) is 5. The molecule has 9 nitrogen and oxygen atoms in total. The van der Waals surface area contributed by atoms with E-state index in [4.69, 9.17) is 0 Å². The van der Waals surface area contributed by atoms with Gasteiger partial charge in [-0.15, -0.1) is 0 Å². The molecule has 0 saturated carbocycles. The van der Waals surface area contributed by atoms with E-state index >= 15 is 0 Å². The lowest BCUT2D eigenvalue weighted by molar-refractivity contribution is 0.725. The van der Waals surface area contributed by atoms with Crippen LogP contribution >= 0.6 is 0 Å². The third-order valence-corrected chi connectivity index (χ3v) is 4.15. The molecule has 0 radical (unpaired) electrons. The smallest absolute Gasteiger partial charge is 0.290 e. The molecule has 3 N–H and O–H groups in total. The van der Waals surface area contributed by atoms with E-state index in [2.05, 4.69) is 30.2 Å². The molecule has 0 bridgehead atoms. The summed E-state index contributed by atoms with van der Waals surface area (Å²) in [6, 6.07) is 1.92. The molecular formula is C15H15N7O2. The Morgan fingerprint density at radius 3 is 2.96 bits per heavy atom. The third kappa shape index (κ3) is 2.13. The van der Waals surface area contributed by atoms with Crippen LogP contribution in [0.3, 0.4) is 0 Å². The Labute approximate surface area is 134 Å². The molecule has 0 aromatic carbocycles. The quantitative estimate of drug-likeness (QED) is 0.510. The van der Waals surface area contributed by atoms with Crippen molar-refractivity contribution in [2.24, 2.45) is 0 Å². The summed E-state index contributed by atoms with van der Waals surface area (Å²) in [6.45, 7) is 3.93. The van der Waals surface area contributed by atoms with E-state index in [1.165, 1.54) is 0 Å². The second-order valence-electron chi connectivity index (χ2n) is 5.87. The fraction of sp³-hybridized carbons (Fsp3) is 0.267. The van der Waals surface area contributed by atoms with E-state index in [0.717, 1.165) is 16.9 Å². The predicted molar refractivity (Wildman–Crippen MR) is 87.2 cm³/mol. The molecule has 122 valence electrons. The van der Waals surface area contributed by atoms with Crippen LogP contribution in [0.25, 0.3) is 16.7 Å². The van der Waals surface area contributed by atoms with Gasteiger partial charge in [0.05, 0.1) is 17.6 Å². The van der Waals surface area contributed by atoms with Gasteiger partial charge in [0.2, 0.25) is 0 Å². The molecule has 4 aromatic rings. The SMILES string of the molecule is Cc1cnc2c(CC(C)c3[nH]nc4[nH]c(=O)[nH]c(=O)c34)ccnn12. The Morgan fingerprint density at radius 1 is 1.29 bits per heavy atom. The predicted octanol–water partition coefficient (Wildman–Crippen LogP) is 0.637. The van der Waals surface area contributed by atoms with E-state index in [0.29, 0.717) is 17.5 Å². The molecular weight excluding hydrogens is 310 g/mol. The summed E-state index contributed by atoms with van der Waals surface area (Å²) >= 11 is 0. The van der Waals surface area contributed by atoms with Crippen molar-refractivity contribution in [3.63, 3.8) is 0 Å². The molecule has 1 unspecified atom stereocenters. The molecule has 0 aliphatic carbocycles. The van der Waals surface area contributed by atoms with E-state index < -0.39 is 11.2 Å². The van der Waals surface area contributed by atoms with Gasteiger partial charge < -0.3 is 0 Å². The minimum absolute atomic E-state index is 0.0230. The average molecular weight is 325 g/mol. The second-order valence-corrected chi connectivity index (χ2v) is 5.87. The van der Waals surface area contributed by atoms with Crippen molar-refractivity contribution in [3.05, 3.63) is 56.2 Å². The average Bonchev–Trinajstić information content (AvgIpc) is 3.12. The van der Waals surface area contributed by atoms with Crippen LogP contribution in [0.2, 0.25) is 0 Å².